The first-order chi connectivity index (χ1) is 13.0. The van der Waals surface area contributed by atoms with E-state index in [9.17, 15) is 12.8 Å². The summed E-state index contributed by atoms with van der Waals surface area (Å²) in [5.74, 6) is 0.488. The van der Waals surface area contributed by atoms with E-state index in [2.05, 4.69) is 24.9 Å². The van der Waals surface area contributed by atoms with Gasteiger partial charge in [0.1, 0.15) is 23.8 Å². The normalized spacial score (nSPS) is 14.9. The smallest absolute Gasteiger partial charge is 0.215 e. The fourth-order valence-corrected chi connectivity index (χ4v) is 3.84. The molecule has 146 valence electrons. The van der Waals surface area contributed by atoms with Crippen molar-refractivity contribution in [3.8, 4) is 0 Å². The molecule has 0 amide bonds. The number of hydrogen-bond donors (Lipinski definition) is 2. The summed E-state index contributed by atoms with van der Waals surface area (Å²) in [5.41, 5.74) is 0.143. The highest BCUT2D eigenvalue weighted by molar-refractivity contribution is 7.88. The Morgan fingerprint density at radius 2 is 1.93 bits per heavy atom. The van der Waals surface area contributed by atoms with Crippen LogP contribution in [0.25, 0.3) is 0 Å². The molecule has 27 heavy (non-hydrogen) atoms. The van der Waals surface area contributed by atoms with Gasteiger partial charge < -0.3 is 15.0 Å². The van der Waals surface area contributed by atoms with Crippen LogP contribution >= 0.6 is 0 Å². The molecule has 10 heteroatoms. The summed E-state index contributed by atoms with van der Waals surface area (Å²) >= 11 is 0. The third-order valence-corrected chi connectivity index (χ3v) is 5.38. The number of benzene rings is 1. The fraction of sp³-hybridized carbons (Fsp3) is 0.412. The average Bonchev–Trinajstić information content (AvgIpc) is 2.68. The van der Waals surface area contributed by atoms with Crippen LogP contribution in [-0.2, 0) is 20.5 Å². The van der Waals surface area contributed by atoms with Gasteiger partial charge in [-0.1, -0.05) is 18.2 Å². The van der Waals surface area contributed by atoms with Crippen LogP contribution in [0.5, 0.6) is 0 Å². The van der Waals surface area contributed by atoms with E-state index in [4.69, 9.17) is 4.74 Å². The van der Waals surface area contributed by atoms with Gasteiger partial charge in [0.2, 0.25) is 10.0 Å². The van der Waals surface area contributed by atoms with E-state index in [1.54, 1.807) is 6.07 Å². The summed E-state index contributed by atoms with van der Waals surface area (Å²) in [6.45, 7) is 3.37. The van der Waals surface area contributed by atoms with Crippen LogP contribution in [0.4, 0.5) is 16.0 Å². The van der Waals surface area contributed by atoms with Gasteiger partial charge >= 0.3 is 0 Å². The lowest BCUT2D eigenvalue weighted by atomic mass is 10.2. The van der Waals surface area contributed by atoms with Gasteiger partial charge in [0.25, 0.3) is 0 Å². The minimum absolute atomic E-state index is 0.143. The highest BCUT2D eigenvalue weighted by atomic mass is 32.2. The second-order valence-electron chi connectivity index (χ2n) is 6.03. The van der Waals surface area contributed by atoms with Gasteiger partial charge in [0.05, 0.1) is 19.0 Å². The van der Waals surface area contributed by atoms with Crippen molar-refractivity contribution >= 4 is 21.7 Å². The van der Waals surface area contributed by atoms with Crippen molar-refractivity contribution in [2.45, 2.75) is 5.75 Å². The number of halogens is 1. The van der Waals surface area contributed by atoms with E-state index in [1.165, 1.54) is 24.5 Å². The number of sulfonamides is 1. The molecular formula is C17H22FN5O3S. The molecule has 0 radical (unpaired) electrons. The molecular weight excluding hydrogens is 373 g/mol. The second-order valence-corrected chi connectivity index (χ2v) is 7.84. The summed E-state index contributed by atoms with van der Waals surface area (Å²) in [6.07, 6.45) is 1.47. The molecule has 1 aliphatic heterocycles. The summed E-state index contributed by atoms with van der Waals surface area (Å²) < 4.78 is 45.5. The highest BCUT2D eigenvalue weighted by Crippen LogP contribution is 2.15. The Labute approximate surface area is 157 Å². The van der Waals surface area contributed by atoms with Crippen molar-refractivity contribution < 1.29 is 17.5 Å². The molecule has 0 unspecified atom stereocenters. The number of ether oxygens (including phenoxy) is 1. The quantitative estimate of drug-likeness (QED) is 0.643. The minimum atomic E-state index is -3.62. The van der Waals surface area contributed by atoms with Crippen LogP contribution in [0.2, 0.25) is 0 Å². The topological polar surface area (TPSA) is 96.5 Å². The predicted octanol–water partition coefficient (Wildman–Crippen LogP) is 0.984. The Morgan fingerprint density at radius 3 is 2.70 bits per heavy atom. The molecule has 2 N–H and O–H groups in total. The maximum absolute atomic E-state index is 13.6. The van der Waals surface area contributed by atoms with Crippen molar-refractivity contribution in [3.63, 3.8) is 0 Å². The van der Waals surface area contributed by atoms with Gasteiger partial charge in [-0.05, 0) is 6.07 Å². The molecule has 1 saturated heterocycles. The van der Waals surface area contributed by atoms with E-state index in [0.29, 0.717) is 25.6 Å². The Morgan fingerprint density at radius 1 is 1.15 bits per heavy atom. The van der Waals surface area contributed by atoms with Crippen molar-refractivity contribution in [3.05, 3.63) is 48.0 Å². The molecule has 0 bridgehead atoms. The number of rotatable bonds is 8. The van der Waals surface area contributed by atoms with Crippen LogP contribution < -0.4 is 14.9 Å². The lowest BCUT2D eigenvalue weighted by Gasteiger charge is -2.27. The van der Waals surface area contributed by atoms with Gasteiger partial charge in [0, 0.05) is 37.8 Å². The first-order valence-electron chi connectivity index (χ1n) is 8.63. The number of nitrogens with zero attached hydrogens (tertiary/aromatic N) is 3. The van der Waals surface area contributed by atoms with Crippen LogP contribution in [0.3, 0.4) is 0 Å². The van der Waals surface area contributed by atoms with Crippen molar-refractivity contribution in [1.29, 1.82) is 0 Å². The third-order valence-electron chi connectivity index (χ3n) is 4.04. The first kappa shape index (κ1) is 19.5. The molecule has 1 aliphatic rings. The van der Waals surface area contributed by atoms with E-state index in [1.807, 2.05) is 6.07 Å². The summed E-state index contributed by atoms with van der Waals surface area (Å²) in [5, 5.41) is 3.06. The Bertz CT molecular complexity index is 859. The summed E-state index contributed by atoms with van der Waals surface area (Å²) in [6, 6.07) is 7.65. The van der Waals surface area contributed by atoms with Crippen molar-refractivity contribution in [2.75, 3.05) is 49.6 Å². The van der Waals surface area contributed by atoms with Crippen LogP contribution in [0, 0.1) is 5.82 Å². The average molecular weight is 395 g/mol. The molecule has 0 saturated carbocycles. The van der Waals surface area contributed by atoms with Gasteiger partial charge in [-0.25, -0.2) is 27.5 Å². The van der Waals surface area contributed by atoms with E-state index >= 15 is 0 Å². The predicted molar refractivity (Wildman–Crippen MR) is 101 cm³/mol. The number of hydrogen-bond acceptors (Lipinski definition) is 7. The molecule has 1 fully saturated rings. The lowest BCUT2D eigenvalue weighted by Crippen LogP contribution is -2.36. The van der Waals surface area contributed by atoms with Crippen LogP contribution in [0.1, 0.15) is 5.56 Å². The zero-order valence-electron chi connectivity index (χ0n) is 14.8. The number of aromatic nitrogens is 2. The van der Waals surface area contributed by atoms with Gasteiger partial charge in [-0.2, -0.15) is 0 Å². The molecule has 8 nitrogen and oxygen atoms in total. The Kier molecular flexibility index (Phi) is 6.54. The fourth-order valence-electron chi connectivity index (χ4n) is 2.68. The van der Waals surface area contributed by atoms with Gasteiger partial charge in [0.15, 0.2) is 0 Å². The number of nitrogens with one attached hydrogen (secondary N) is 2. The van der Waals surface area contributed by atoms with Crippen molar-refractivity contribution in [1.82, 2.24) is 14.7 Å². The number of anilines is 2. The van der Waals surface area contributed by atoms with Crippen LogP contribution in [-0.4, -0.2) is 57.8 Å². The maximum atomic E-state index is 13.6. The van der Waals surface area contributed by atoms with E-state index in [-0.39, 0.29) is 12.1 Å². The largest absolute Gasteiger partial charge is 0.378 e. The zero-order valence-corrected chi connectivity index (χ0v) is 15.6. The van der Waals surface area contributed by atoms with Crippen LogP contribution in [0.15, 0.2) is 36.7 Å². The number of morpholine rings is 1. The molecule has 0 atom stereocenters. The Hall–Kier alpha value is -2.30. The zero-order chi connectivity index (χ0) is 19.1. The molecule has 1 aromatic carbocycles. The standard InChI is InChI=1S/C17H22FN5O3S/c18-15-4-2-1-3-14(15)12-27(24,25)22-6-5-19-16-11-17(21-13-20-16)23-7-9-26-10-8-23/h1-4,11,13,22H,5-10,12H2,(H,19,20,21). The Balaban J connectivity index is 1.47. The van der Waals surface area contributed by atoms with Gasteiger partial charge in [-0.3, -0.25) is 0 Å². The highest BCUT2D eigenvalue weighted by Gasteiger charge is 2.15. The monoisotopic (exact) mass is 395 g/mol. The second kappa shape index (κ2) is 9.07. The van der Waals surface area contributed by atoms with Crippen molar-refractivity contribution in [2.24, 2.45) is 0 Å². The van der Waals surface area contributed by atoms with E-state index < -0.39 is 21.6 Å². The maximum Gasteiger partial charge on any atom is 0.215 e. The molecule has 2 heterocycles. The first-order valence-corrected chi connectivity index (χ1v) is 10.3. The molecule has 0 spiro atoms. The third kappa shape index (κ3) is 5.84. The summed E-state index contributed by atoms with van der Waals surface area (Å²) in [7, 11) is -3.62. The molecule has 3 rings (SSSR count). The molecule has 2 aromatic rings. The summed E-state index contributed by atoms with van der Waals surface area (Å²) in [4.78, 5) is 10.5. The minimum Gasteiger partial charge on any atom is -0.378 e. The van der Waals surface area contributed by atoms with Gasteiger partial charge in [-0.15, -0.1) is 0 Å². The molecule has 1 aromatic heterocycles. The lowest BCUT2D eigenvalue weighted by molar-refractivity contribution is 0.122. The SMILES string of the molecule is O=S(=O)(Cc1ccccc1F)NCCNc1cc(N2CCOCC2)ncn1. The van der Waals surface area contributed by atoms with E-state index in [0.717, 1.165) is 18.9 Å². The molecule has 0 aliphatic carbocycles.